The summed E-state index contributed by atoms with van der Waals surface area (Å²) in [6, 6.07) is -0.409. The molecule has 88 valence electrons. The third kappa shape index (κ3) is 3.15. The van der Waals surface area contributed by atoms with Crippen LogP contribution in [0.3, 0.4) is 0 Å². The highest BCUT2D eigenvalue weighted by Gasteiger charge is 2.32. The number of carboxylic acids is 1. The molecule has 1 aliphatic rings. The molecule has 2 N–H and O–H groups in total. The summed E-state index contributed by atoms with van der Waals surface area (Å²) in [5.41, 5.74) is 0. The van der Waals surface area contributed by atoms with Gasteiger partial charge in [-0.3, -0.25) is 4.79 Å². The quantitative estimate of drug-likeness (QED) is 0.706. The van der Waals surface area contributed by atoms with Crippen LogP contribution in [0.1, 0.15) is 25.7 Å². The summed E-state index contributed by atoms with van der Waals surface area (Å²) in [5, 5.41) is 8.68. The van der Waals surface area contributed by atoms with Crippen molar-refractivity contribution in [3.05, 3.63) is 0 Å². The van der Waals surface area contributed by atoms with Gasteiger partial charge in [-0.25, -0.2) is 4.72 Å². The van der Waals surface area contributed by atoms with Crippen molar-refractivity contribution in [2.45, 2.75) is 31.7 Å². The number of piperidine rings is 1. The highest BCUT2D eigenvalue weighted by Crippen LogP contribution is 2.21. The molecule has 1 unspecified atom stereocenters. The average molecular weight is 236 g/mol. The van der Waals surface area contributed by atoms with E-state index in [1.165, 1.54) is 11.4 Å². The number of hydrogen-bond acceptors (Lipinski definition) is 3. The smallest absolute Gasteiger partial charge is 0.304 e. The van der Waals surface area contributed by atoms with Crippen molar-refractivity contribution in [1.29, 1.82) is 0 Å². The van der Waals surface area contributed by atoms with Gasteiger partial charge >= 0.3 is 5.97 Å². The molecule has 15 heavy (non-hydrogen) atoms. The maximum absolute atomic E-state index is 11.6. The van der Waals surface area contributed by atoms with Gasteiger partial charge in [0.1, 0.15) is 0 Å². The van der Waals surface area contributed by atoms with Crippen molar-refractivity contribution in [3.8, 4) is 0 Å². The van der Waals surface area contributed by atoms with Crippen LogP contribution in [0, 0.1) is 0 Å². The lowest BCUT2D eigenvalue weighted by Crippen LogP contribution is -2.48. The first-order valence-corrected chi connectivity index (χ1v) is 6.33. The molecule has 1 saturated heterocycles. The molecule has 1 aliphatic heterocycles. The number of rotatable bonds is 4. The third-order valence-electron chi connectivity index (χ3n) is 2.55. The molecule has 6 nitrogen and oxygen atoms in total. The van der Waals surface area contributed by atoms with Crippen LogP contribution in [-0.2, 0) is 15.0 Å². The lowest BCUT2D eigenvalue weighted by atomic mass is 10.0. The van der Waals surface area contributed by atoms with Crippen molar-refractivity contribution in [2.75, 3.05) is 13.6 Å². The minimum absolute atomic E-state index is 0.124. The Morgan fingerprint density at radius 1 is 1.53 bits per heavy atom. The van der Waals surface area contributed by atoms with E-state index in [2.05, 4.69) is 4.72 Å². The fraction of sp³-hybridized carbons (Fsp3) is 0.875. The van der Waals surface area contributed by atoms with Crippen molar-refractivity contribution in [3.63, 3.8) is 0 Å². The van der Waals surface area contributed by atoms with E-state index >= 15 is 0 Å². The largest absolute Gasteiger partial charge is 0.481 e. The first-order valence-electron chi connectivity index (χ1n) is 4.89. The van der Waals surface area contributed by atoms with Gasteiger partial charge in [0.2, 0.25) is 0 Å². The maximum Gasteiger partial charge on any atom is 0.304 e. The van der Waals surface area contributed by atoms with Crippen LogP contribution >= 0.6 is 0 Å². The number of nitrogens with zero attached hydrogens (tertiary/aromatic N) is 1. The molecule has 1 atom stereocenters. The molecule has 0 aliphatic carbocycles. The molecule has 7 heteroatoms. The van der Waals surface area contributed by atoms with Gasteiger partial charge in [-0.15, -0.1) is 0 Å². The number of nitrogens with one attached hydrogen (secondary N) is 1. The number of carboxylic acid groups (broad SMARTS) is 1. The van der Waals surface area contributed by atoms with E-state index in [9.17, 15) is 13.2 Å². The zero-order valence-corrected chi connectivity index (χ0v) is 9.46. The number of hydrogen-bond donors (Lipinski definition) is 2. The Hall–Kier alpha value is -0.660. The predicted octanol–water partition coefficient (Wildman–Crippen LogP) is -0.220. The molecular formula is C8H16N2O4S. The van der Waals surface area contributed by atoms with Gasteiger partial charge in [0.25, 0.3) is 10.2 Å². The lowest BCUT2D eigenvalue weighted by Gasteiger charge is -2.33. The normalized spacial score (nSPS) is 23.9. The van der Waals surface area contributed by atoms with Crippen molar-refractivity contribution < 1.29 is 18.3 Å². The zero-order chi connectivity index (χ0) is 11.5. The molecule has 1 heterocycles. The molecule has 0 saturated carbocycles. The van der Waals surface area contributed by atoms with Crippen LogP contribution in [0.2, 0.25) is 0 Å². The van der Waals surface area contributed by atoms with E-state index in [1.807, 2.05) is 0 Å². The Morgan fingerprint density at radius 3 is 2.73 bits per heavy atom. The summed E-state index contributed by atoms with van der Waals surface area (Å²) in [5.74, 6) is -0.960. The second-order valence-electron chi connectivity index (χ2n) is 3.57. The first kappa shape index (κ1) is 12.4. The van der Waals surface area contributed by atoms with Gasteiger partial charge in [0.05, 0.1) is 6.42 Å². The summed E-state index contributed by atoms with van der Waals surface area (Å²) in [6.45, 7) is 0.404. The van der Waals surface area contributed by atoms with Crippen LogP contribution in [-0.4, -0.2) is 43.4 Å². The van der Waals surface area contributed by atoms with Crippen molar-refractivity contribution in [1.82, 2.24) is 9.03 Å². The highest BCUT2D eigenvalue weighted by molar-refractivity contribution is 7.87. The summed E-state index contributed by atoms with van der Waals surface area (Å²) >= 11 is 0. The van der Waals surface area contributed by atoms with E-state index in [1.54, 1.807) is 0 Å². The van der Waals surface area contributed by atoms with Crippen LogP contribution in [0.5, 0.6) is 0 Å². The Kier molecular flexibility index (Phi) is 4.06. The maximum atomic E-state index is 11.6. The second kappa shape index (κ2) is 4.91. The minimum atomic E-state index is -3.50. The minimum Gasteiger partial charge on any atom is -0.481 e. The van der Waals surface area contributed by atoms with E-state index in [-0.39, 0.29) is 6.42 Å². The number of aliphatic carboxylic acids is 1. The Bertz CT molecular complexity index is 328. The van der Waals surface area contributed by atoms with E-state index in [4.69, 9.17) is 5.11 Å². The van der Waals surface area contributed by atoms with Gasteiger partial charge < -0.3 is 5.11 Å². The predicted molar refractivity (Wildman–Crippen MR) is 54.6 cm³/mol. The Labute approximate surface area is 89.4 Å². The summed E-state index contributed by atoms with van der Waals surface area (Å²) in [6.07, 6.45) is 2.17. The van der Waals surface area contributed by atoms with Crippen LogP contribution < -0.4 is 4.72 Å². The molecule has 0 bridgehead atoms. The summed E-state index contributed by atoms with van der Waals surface area (Å²) in [4.78, 5) is 10.6. The van der Waals surface area contributed by atoms with Gasteiger partial charge in [0, 0.05) is 19.6 Å². The monoisotopic (exact) mass is 236 g/mol. The summed E-state index contributed by atoms with van der Waals surface area (Å²) < 4.78 is 26.6. The van der Waals surface area contributed by atoms with Gasteiger partial charge in [-0.05, 0) is 12.8 Å². The standard InChI is InChI=1S/C8H16N2O4S/c1-9-15(13,14)10-5-3-2-4-7(10)6-8(11)12/h7,9H,2-6H2,1H3,(H,11,12). The highest BCUT2D eigenvalue weighted by atomic mass is 32.2. The topological polar surface area (TPSA) is 86.7 Å². The fourth-order valence-electron chi connectivity index (χ4n) is 1.81. The molecule has 0 spiro atoms. The van der Waals surface area contributed by atoms with Crippen molar-refractivity contribution in [2.24, 2.45) is 0 Å². The Balaban J connectivity index is 2.78. The van der Waals surface area contributed by atoms with Gasteiger partial charge in [0.15, 0.2) is 0 Å². The molecule has 0 amide bonds. The van der Waals surface area contributed by atoms with Crippen molar-refractivity contribution >= 4 is 16.2 Å². The van der Waals surface area contributed by atoms with Gasteiger partial charge in [-0.2, -0.15) is 12.7 Å². The average Bonchev–Trinajstić information content (AvgIpc) is 2.17. The first-order chi connectivity index (χ1) is 6.97. The molecule has 0 radical (unpaired) electrons. The van der Waals surface area contributed by atoms with E-state index < -0.39 is 22.2 Å². The van der Waals surface area contributed by atoms with Crippen LogP contribution in [0.15, 0.2) is 0 Å². The fourth-order valence-corrected chi connectivity index (χ4v) is 2.99. The Morgan fingerprint density at radius 2 is 2.20 bits per heavy atom. The molecule has 1 rings (SSSR count). The molecule has 0 aromatic carbocycles. The lowest BCUT2D eigenvalue weighted by molar-refractivity contribution is -0.138. The molecule has 0 aromatic rings. The van der Waals surface area contributed by atoms with Crippen LogP contribution in [0.4, 0.5) is 0 Å². The van der Waals surface area contributed by atoms with E-state index in [0.29, 0.717) is 13.0 Å². The number of carbonyl (C=O) groups is 1. The van der Waals surface area contributed by atoms with Gasteiger partial charge in [-0.1, -0.05) is 6.42 Å². The summed E-state index contributed by atoms with van der Waals surface area (Å²) in [7, 11) is -2.16. The van der Waals surface area contributed by atoms with Crippen LogP contribution in [0.25, 0.3) is 0 Å². The molecule has 1 fully saturated rings. The third-order valence-corrected chi connectivity index (χ3v) is 4.16. The zero-order valence-electron chi connectivity index (χ0n) is 8.64. The second-order valence-corrected chi connectivity index (χ2v) is 5.39. The SMILES string of the molecule is CNS(=O)(=O)N1CCCCC1CC(=O)O. The molecule has 0 aromatic heterocycles. The van der Waals surface area contributed by atoms with E-state index in [0.717, 1.165) is 12.8 Å². The molecular weight excluding hydrogens is 220 g/mol.